The van der Waals surface area contributed by atoms with Crippen LogP contribution in [0, 0.1) is 5.92 Å². The van der Waals surface area contributed by atoms with Crippen LogP contribution in [0.3, 0.4) is 0 Å². The molecule has 1 unspecified atom stereocenters. The van der Waals surface area contributed by atoms with Gasteiger partial charge in [0.2, 0.25) is 0 Å². The summed E-state index contributed by atoms with van der Waals surface area (Å²) < 4.78 is 0. The number of carbonyl (C=O) groups excluding carboxylic acids is 1. The maximum Gasteiger partial charge on any atom is 0.165 e. The summed E-state index contributed by atoms with van der Waals surface area (Å²) in [6.07, 6.45) is 6.79. The van der Waals surface area contributed by atoms with Crippen molar-refractivity contribution in [3.63, 3.8) is 0 Å². The molecule has 0 amide bonds. The zero-order chi connectivity index (χ0) is 14.4. The van der Waals surface area contributed by atoms with E-state index in [1.54, 1.807) is 0 Å². The maximum atomic E-state index is 12.2. The summed E-state index contributed by atoms with van der Waals surface area (Å²) in [5.41, 5.74) is 2.08. The Hall–Kier alpha value is -1.31. The summed E-state index contributed by atoms with van der Waals surface area (Å²) in [6.45, 7) is 6.66. The standard InChI is InChI=1S/C18H27NO/c1-3-5-9-15(4-2)14-19-13-8-12-18(20)16-10-6-7-11-17(16)19/h6-7,10-11,15H,3-5,8-9,12-14H2,1-2H3. The van der Waals surface area contributed by atoms with Gasteiger partial charge in [0.1, 0.15) is 0 Å². The number of para-hydroxylation sites is 1. The lowest BCUT2D eigenvalue weighted by molar-refractivity contribution is 0.0984. The Morgan fingerprint density at radius 3 is 2.80 bits per heavy atom. The minimum Gasteiger partial charge on any atom is -0.371 e. The van der Waals surface area contributed by atoms with Crippen molar-refractivity contribution in [3.05, 3.63) is 29.8 Å². The van der Waals surface area contributed by atoms with Crippen LogP contribution < -0.4 is 4.90 Å². The van der Waals surface area contributed by atoms with Gasteiger partial charge >= 0.3 is 0 Å². The summed E-state index contributed by atoms with van der Waals surface area (Å²) in [4.78, 5) is 14.6. The number of hydrogen-bond donors (Lipinski definition) is 0. The molecule has 1 aliphatic rings. The third kappa shape index (κ3) is 3.62. The van der Waals surface area contributed by atoms with E-state index in [-0.39, 0.29) is 0 Å². The molecule has 0 saturated heterocycles. The van der Waals surface area contributed by atoms with Crippen LogP contribution in [0.4, 0.5) is 5.69 Å². The van der Waals surface area contributed by atoms with Gasteiger partial charge in [0, 0.05) is 30.8 Å². The zero-order valence-corrected chi connectivity index (χ0v) is 12.9. The molecule has 20 heavy (non-hydrogen) atoms. The maximum absolute atomic E-state index is 12.2. The smallest absolute Gasteiger partial charge is 0.165 e. The predicted octanol–water partition coefficient (Wildman–Crippen LogP) is 4.69. The molecule has 0 saturated carbocycles. The van der Waals surface area contributed by atoms with Gasteiger partial charge in [-0.2, -0.15) is 0 Å². The van der Waals surface area contributed by atoms with Crippen LogP contribution in [-0.2, 0) is 0 Å². The van der Waals surface area contributed by atoms with Gasteiger partial charge in [-0.25, -0.2) is 0 Å². The van der Waals surface area contributed by atoms with Crippen molar-refractivity contribution in [1.82, 2.24) is 0 Å². The Morgan fingerprint density at radius 2 is 2.05 bits per heavy atom. The largest absolute Gasteiger partial charge is 0.371 e. The van der Waals surface area contributed by atoms with E-state index in [9.17, 15) is 4.79 Å². The van der Waals surface area contributed by atoms with E-state index in [4.69, 9.17) is 0 Å². The lowest BCUT2D eigenvalue weighted by Crippen LogP contribution is -2.30. The molecule has 2 rings (SSSR count). The van der Waals surface area contributed by atoms with Crippen molar-refractivity contribution in [3.8, 4) is 0 Å². The normalized spacial score (nSPS) is 16.7. The number of Topliss-reactive ketones (excluding diaryl/α,β-unsaturated/α-hetero) is 1. The second kappa shape index (κ2) is 7.47. The minimum atomic E-state index is 0.310. The molecular weight excluding hydrogens is 246 g/mol. The number of fused-ring (bicyclic) bond motifs is 1. The van der Waals surface area contributed by atoms with Crippen molar-refractivity contribution in [2.75, 3.05) is 18.0 Å². The lowest BCUT2D eigenvalue weighted by Gasteiger charge is -2.29. The fourth-order valence-corrected chi connectivity index (χ4v) is 3.09. The number of ketones is 1. The van der Waals surface area contributed by atoms with Gasteiger partial charge in [0.05, 0.1) is 0 Å². The first kappa shape index (κ1) is 15.1. The molecule has 2 nitrogen and oxygen atoms in total. The third-order valence-corrected chi connectivity index (χ3v) is 4.40. The fraction of sp³-hybridized carbons (Fsp3) is 0.611. The first-order valence-corrected chi connectivity index (χ1v) is 8.13. The van der Waals surface area contributed by atoms with E-state index in [1.165, 1.54) is 25.7 Å². The van der Waals surface area contributed by atoms with Crippen LogP contribution >= 0.6 is 0 Å². The van der Waals surface area contributed by atoms with Gasteiger partial charge in [-0.1, -0.05) is 45.2 Å². The number of hydrogen-bond acceptors (Lipinski definition) is 2. The Labute approximate surface area is 123 Å². The number of unbranched alkanes of at least 4 members (excludes halogenated alkanes) is 1. The van der Waals surface area contributed by atoms with Crippen LogP contribution in [-0.4, -0.2) is 18.9 Å². The third-order valence-electron chi connectivity index (χ3n) is 4.40. The SMILES string of the molecule is CCCCC(CC)CN1CCCC(=O)c2ccccc21. The molecule has 1 atom stereocenters. The average molecular weight is 273 g/mol. The lowest BCUT2D eigenvalue weighted by atomic mass is 9.98. The Kier molecular flexibility index (Phi) is 5.63. The van der Waals surface area contributed by atoms with Crippen LogP contribution in [0.2, 0.25) is 0 Å². The topological polar surface area (TPSA) is 20.3 Å². The highest BCUT2D eigenvalue weighted by Gasteiger charge is 2.22. The molecule has 2 heteroatoms. The molecule has 1 aromatic rings. The van der Waals surface area contributed by atoms with Gasteiger partial charge < -0.3 is 4.90 Å². The molecule has 0 spiro atoms. The summed E-state index contributed by atoms with van der Waals surface area (Å²) in [6, 6.07) is 8.14. The number of carbonyl (C=O) groups is 1. The fourth-order valence-electron chi connectivity index (χ4n) is 3.09. The number of nitrogens with zero attached hydrogens (tertiary/aromatic N) is 1. The molecule has 0 aromatic heterocycles. The van der Waals surface area contributed by atoms with Gasteiger partial charge in [-0.3, -0.25) is 4.79 Å². The molecule has 0 aliphatic carbocycles. The first-order valence-electron chi connectivity index (χ1n) is 8.13. The van der Waals surface area contributed by atoms with Crippen LogP contribution in [0.15, 0.2) is 24.3 Å². The van der Waals surface area contributed by atoms with Gasteiger partial charge in [-0.15, -0.1) is 0 Å². The van der Waals surface area contributed by atoms with Crippen molar-refractivity contribution in [1.29, 1.82) is 0 Å². The van der Waals surface area contributed by atoms with E-state index in [0.717, 1.165) is 36.7 Å². The Balaban J connectivity index is 2.14. The van der Waals surface area contributed by atoms with E-state index in [0.29, 0.717) is 12.2 Å². The summed E-state index contributed by atoms with van der Waals surface area (Å²) in [5, 5.41) is 0. The molecule has 1 aliphatic heterocycles. The van der Waals surface area contributed by atoms with Gasteiger partial charge in [0.25, 0.3) is 0 Å². The molecular formula is C18H27NO. The average Bonchev–Trinajstić information content (AvgIpc) is 2.64. The van der Waals surface area contributed by atoms with Crippen LogP contribution in [0.5, 0.6) is 0 Å². The summed E-state index contributed by atoms with van der Waals surface area (Å²) >= 11 is 0. The van der Waals surface area contributed by atoms with Crippen LogP contribution in [0.1, 0.15) is 62.7 Å². The molecule has 0 N–H and O–H groups in total. The number of benzene rings is 1. The zero-order valence-electron chi connectivity index (χ0n) is 12.9. The second-order valence-corrected chi connectivity index (χ2v) is 5.91. The van der Waals surface area contributed by atoms with E-state index in [1.807, 2.05) is 12.1 Å². The first-order chi connectivity index (χ1) is 9.76. The van der Waals surface area contributed by atoms with Gasteiger partial charge in [-0.05, 0) is 30.9 Å². The Bertz CT molecular complexity index is 441. The van der Waals surface area contributed by atoms with Crippen LogP contribution in [0.25, 0.3) is 0 Å². The number of anilines is 1. The predicted molar refractivity (Wildman–Crippen MR) is 85.5 cm³/mol. The summed E-state index contributed by atoms with van der Waals surface area (Å²) in [7, 11) is 0. The Morgan fingerprint density at radius 1 is 1.25 bits per heavy atom. The molecule has 1 heterocycles. The van der Waals surface area contributed by atoms with Crippen molar-refractivity contribution >= 4 is 11.5 Å². The van der Waals surface area contributed by atoms with Crippen molar-refractivity contribution in [2.45, 2.75) is 52.4 Å². The quantitative estimate of drug-likeness (QED) is 0.749. The summed E-state index contributed by atoms with van der Waals surface area (Å²) in [5.74, 6) is 1.06. The molecule has 1 aromatic carbocycles. The monoisotopic (exact) mass is 273 g/mol. The van der Waals surface area contributed by atoms with E-state index in [2.05, 4.69) is 30.9 Å². The van der Waals surface area contributed by atoms with E-state index < -0.39 is 0 Å². The highest BCUT2D eigenvalue weighted by Crippen LogP contribution is 2.28. The van der Waals surface area contributed by atoms with Gasteiger partial charge in [0.15, 0.2) is 5.78 Å². The minimum absolute atomic E-state index is 0.310. The molecule has 0 fully saturated rings. The second-order valence-electron chi connectivity index (χ2n) is 5.91. The highest BCUT2D eigenvalue weighted by atomic mass is 16.1. The molecule has 0 bridgehead atoms. The molecule has 0 radical (unpaired) electrons. The highest BCUT2D eigenvalue weighted by molar-refractivity contribution is 6.01. The van der Waals surface area contributed by atoms with Crippen molar-refractivity contribution in [2.24, 2.45) is 5.92 Å². The molecule has 110 valence electrons. The van der Waals surface area contributed by atoms with Crippen molar-refractivity contribution < 1.29 is 4.79 Å². The number of rotatable bonds is 6. The van der Waals surface area contributed by atoms with E-state index >= 15 is 0 Å².